The molecule has 1 spiro atoms. The minimum atomic E-state index is -3.82. The Morgan fingerprint density at radius 3 is 2.13 bits per heavy atom. The fourth-order valence-electron chi connectivity index (χ4n) is 5.10. The number of nitrogens with zero attached hydrogens (tertiary/aromatic N) is 2. The molecular formula is C29H29Cl2N3O4S. The summed E-state index contributed by atoms with van der Waals surface area (Å²) < 4.78 is 27.8. The molecule has 1 amide bonds. The number of oxime groups is 1. The van der Waals surface area contributed by atoms with Crippen molar-refractivity contribution in [2.75, 3.05) is 13.1 Å². The van der Waals surface area contributed by atoms with E-state index < -0.39 is 15.6 Å². The zero-order valence-corrected chi connectivity index (χ0v) is 23.6. The van der Waals surface area contributed by atoms with Gasteiger partial charge in [0.2, 0.25) is 10.0 Å². The molecule has 39 heavy (non-hydrogen) atoms. The molecular weight excluding hydrogens is 557 g/mol. The van der Waals surface area contributed by atoms with E-state index in [0.29, 0.717) is 42.8 Å². The van der Waals surface area contributed by atoms with Crippen molar-refractivity contribution >= 4 is 44.8 Å². The van der Waals surface area contributed by atoms with Crippen LogP contribution in [0.1, 0.15) is 30.4 Å². The molecule has 2 aliphatic rings. The van der Waals surface area contributed by atoms with Crippen molar-refractivity contribution < 1.29 is 18.0 Å². The van der Waals surface area contributed by atoms with Gasteiger partial charge in [-0.1, -0.05) is 89.0 Å². The molecule has 0 saturated carbocycles. The second-order valence-corrected chi connectivity index (χ2v) is 12.8. The zero-order valence-electron chi connectivity index (χ0n) is 21.2. The van der Waals surface area contributed by atoms with Gasteiger partial charge in [0.25, 0.3) is 5.91 Å². The maximum absolute atomic E-state index is 13.3. The van der Waals surface area contributed by atoms with Gasteiger partial charge in [0.15, 0.2) is 0 Å². The molecule has 0 aromatic heterocycles. The minimum Gasteiger partial charge on any atom is -0.388 e. The number of nitrogens with one attached hydrogen (secondary N) is 1. The molecule has 2 heterocycles. The smallest absolute Gasteiger partial charge is 0.269 e. The number of hydrogen-bond donors (Lipinski definition) is 1. The standard InChI is InChI=1S/C29H29Cl2N3O4S/c30-23-11-12-25(31)27(19-23)39(36,37)34-15-13-29(14-16-34)20-26(33-38-29)28(35)32-24(17-21-7-3-1-4-8-21)18-22-9-5-2-6-10-22/h1-12,19,24H,13-18,20H2,(H,32,35). The lowest BCUT2D eigenvalue weighted by atomic mass is 9.87. The zero-order chi connectivity index (χ0) is 27.5. The van der Waals surface area contributed by atoms with Crippen molar-refractivity contribution in [2.24, 2.45) is 5.16 Å². The number of hydrogen-bond acceptors (Lipinski definition) is 5. The van der Waals surface area contributed by atoms with Crippen molar-refractivity contribution in [3.05, 3.63) is 100 Å². The van der Waals surface area contributed by atoms with Gasteiger partial charge in [0.1, 0.15) is 16.2 Å². The van der Waals surface area contributed by atoms with E-state index in [1.807, 2.05) is 60.7 Å². The Morgan fingerprint density at radius 2 is 1.54 bits per heavy atom. The van der Waals surface area contributed by atoms with Crippen LogP contribution in [-0.2, 0) is 32.5 Å². The van der Waals surface area contributed by atoms with Crippen molar-refractivity contribution in [2.45, 2.75) is 48.6 Å². The maximum Gasteiger partial charge on any atom is 0.269 e. The van der Waals surface area contributed by atoms with Crippen LogP contribution in [-0.4, -0.2) is 49.1 Å². The van der Waals surface area contributed by atoms with E-state index in [1.165, 1.54) is 16.4 Å². The third-order valence-corrected chi connectivity index (χ3v) is 9.85. The summed E-state index contributed by atoms with van der Waals surface area (Å²) >= 11 is 12.2. The lowest BCUT2D eigenvalue weighted by Gasteiger charge is -2.36. The van der Waals surface area contributed by atoms with E-state index in [9.17, 15) is 13.2 Å². The molecule has 1 saturated heterocycles. The van der Waals surface area contributed by atoms with Crippen molar-refractivity contribution in [3.63, 3.8) is 0 Å². The van der Waals surface area contributed by atoms with E-state index in [4.69, 9.17) is 28.0 Å². The molecule has 3 aromatic rings. The van der Waals surface area contributed by atoms with Crippen LogP contribution in [0.3, 0.4) is 0 Å². The van der Waals surface area contributed by atoms with E-state index in [0.717, 1.165) is 11.1 Å². The molecule has 1 N–H and O–H groups in total. The van der Waals surface area contributed by atoms with Gasteiger partial charge < -0.3 is 10.2 Å². The summed E-state index contributed by atoms with van der Waals surface area (Å²) in [4.78, 5) is 19.1. The number of benzene rings is 3. The van der Waals surface area contributed by atoms with E-state index in [-0.39, 0.29) is 35.0 Å². The Bertz CT molecular complexity index is 1420. The van der Waals surface area contributed by atoms with Gasteiger partial charge in [0, 0.05) is 43.4 Å². The number of carbonyl (C=O) groups excluding carboxylic acids is 1. The average molecular weight is 587 g/mol. The molecule has 10 heteroatoms. The Hall–Kier alpha value is -2.91. The van der Waals surface area contributed by atoms with E-state index in [1.54, 1.807) is 6.07 Å². The van der Waals surface area contributed by atoms with Crippen LogP contribution >= 0.6 is 23.2 Å². The van der Waals surface area contributed by atoms with Gasteiger partial charge in [-0.2, -0.15) is 4.31 Å². The summed E-state index contributed by atoms with van der Waals surface area (Å²) in [6.07, 6.45) is 2.50. The van der Waals surface area contributed by atoms with Crippen LogP contribution in [0.15, 0.2) is 88.9 Å². The summed E-state index contributed by atoms with van der Waals surface area (Å²) in [6.45, 7) is 0.445. The molecule has 5 rings (SSSR count). The number of amides is 1. The molecule has 0 unspecified atom stereocenters. The first-order valence-electron chi connectivity index (χ1n) is 12.8. The first-order chi connectivity index (χ1) is 18.7. The highest BCUT2D eigenvalue weighted by molar-refractivity contribution is 7.89. The van der Waals surface area contributed by atoms with E-state index in [2.05, 4.69) is 10.5 Å². The van der Waals surface area contributed by atoms with Crippen molar-refractivity contribution in [1.82, 2.24) is 9.62 Å². The number of halogens is 2. The first-order valence-corrected chi connectivity index (χ1v) is 15.0. The number of rotatable bonds is 8. The Kier molecular flexibility index (Phi) is 8.28. The summed E-state index contributed by atoms with van der Waals surface area (Å²) in [5, 5.41) is 7.73. The van der Waals surface area contributed by atoms with E-state index >= 15 is 0 Å². The second-order valence-electron chi connectivity index (χ2n) is 10.0. The average Bonchev–Trinajstić information content (AvgIpc) is 3.35. The second kappa shape index (κ2) is 11.7. The topological polar surface area (TPSA) is 88.1 Å². The number of sulfonamides is 1. The van der Waals surface area contributed by atoms with Gasteiger partial charge in [-0.3, -0.25) is 4.79 Å². The highest BCUT2D eigenvalue weighted by Crippen LogP contribution is 2.37. The summed E-state index contributed by atoms with van der Waals surface area (Å²) in [7, 11) is -3.82. The highest BCUT2D eigenvalue weighted by Gasteiger charge is 2.46. The lowest BCUT2D eigenvalue weighted by molar-refractivity contribution is -0.115. The molecule has 1 fully saturated rings. The fourth-order valence-corrected chi connectivity index (χ4v) is 7.28. The predicted molar refractivity (Wildman–Crippen MR) is 153 cm³/mol. The quantitative estimate of drug-likeness (QED) is 0.390. The first kappa shape index (κ1) is 27.6. The lowest BCUT2D eigenvalue weighted by Crippen LogP contribution is -2.48. The highest BCUT2D eigenvalue weighted by atomic mass is 35.5. The van der Waals surface area contributed by atoms with Gasteiger partial charge >= 0.3 is 0 Å². The SMILES string of the molecule is O=C(NC(Cc1ccccc1)Cc1ccccc1)C1=NOC2(CCN(S(=O)(=O)c3cc(Cl)ccc3Cl)CC2)C1. The molecule has 0 radical (unpaired) electrons. The number of carbonyl (C=O) groups is 1. The van der Waals surface area contributed by atoms with Gasteiger partial charge in [0.05, 0.1) is 5.02 Å². The summed E-state index contributed by atoms with van der Waals surface area (Å²) in [5.41, 5.74) is 1.89. The molecule has 0 atom stereocenters. The Morgan fingerprint density at radius 1 is 0.949 bits per heavy atom. The van der Waals surface area contributed by atoms with Gasteiger partial charge in [-0.15, -0.1) is 0 Å². The van der Waals surface area contributed by atoms with Crippen LogP contribution in [0, 0.1) is 0 Å². The van der Waals surface area contributed by atoms with Crippen LogP contribution in [0.5, 0.6) is 0 Å². The molecule has 0 bridgehead atoms. The van der Waals surface area contributed by atoms with Gasteiger partial charge in [-0.05, 0) is 42.2 Å². The number of piperidine rings is 1. The normalized spacial score (nSPS) is 17.2. The molecule has 2 aliphatic heterocycles. The van der Waals surface area contributed by atoms with Crippen molar-refractivity contribution in [1.29, 1.82) is 0 Å². The molecule has 204 valence electrons. The summed E-state index contributed by atoms with van der Waals surface area (Å²) in [5.74, 6) is -0.260. The molecule has 7 nitrogen and oxygen atoms in total. The monoisotopic (exact) mass is 585 g/mol. The third-order valence-electron chi connectivity index (χ3n) is 7.23. The van der Waals surface area contributed by atoms with Crippen LogP contribution in [0.4, 0.5) is 0 Å². The third kappa shape index (κ3) is 6.47. The summed E-state index contributed by atoms with van der Waals surface area (Å²) in [6, 6.07) is 24.4. The van der Waals surface area contributed by atoms with Crippen LogP contribution in [0.25, 0.3) is 0 Å². The maximum atomic E-state index is 13.3. The largest absolute Gasteiger partial charge is 0.388 e. The fraction of sp³-hybridized carbons (Fsp3) is 0.310. The Balaban J connectivity index is 1.22. The Labute approximate surface area is 238 Å². The predicted octanol–water partition coefficient (Wildman–Crippen LogP) is 5.26. The molecule has 0 aliphatic carbocycles. The van der Waals surface area contributed by atoms with Gasteiger partial charge in [-0.25, -0.2) is 8.42 Å². The van der Waals surface area contributed by atoms with Crippen LogP contribution in [0.2, 0.25) is 10.0 Å². The minimum absolute atomic E-state index is 0.0147. The van der Waals surface area contributed by atoms with Crippen LogP contribution < -0.4 is 5.32 Å². The van der Waals surface area contributed by atoms with Crippen molar-refractivity contribution in [3.8, 4) is 0 Å². The molecule has 3 aromatic carbocycles.